The minimum atomic E-state index is -0.246. The molecule has 0 saturated carbocycles. The van der Waals surface area contributed by atoms with Crippen molar-refractivity contribution in [1.82, 2.24) is 9.97 Å². The van der Waals surface area contributed by atoms with Gasteiger partial charge in [-0.1, -0.05) is 81.3 Å². The number of esters is 1. The van der Waals surface area contributed by atoms with Gasteiger partial charge < -0.3 is 10.1 Å². The van der Waals surface area contributed by atoms with Crippen LogP contribution in [0.2, 0.25) is 0 Å². The zero-order valence-electron chi connectivity index (χ0n) is 20.7. The smallest absolute Gasteiger partial charge is 0.311 e. The Balaban J connectivity index is 1.44. The maximum absolute atomic E-state index is 12.3. The number of nitrogens with one attached hydrogen (secondary N) is 1. The summed E-state index contributed by atoms with van der Waals surface area (Å²) >= 11 is 0. The van der Waals surface area contributed by atoms with Gasteiger partial charge in [-0.2, -0.15) is 0 Å². The summed E-state index contributed by atoms with van der Waals surface area (Å²) in [6.45, 7) is 7.28. The van der Waals surface area contributed by atoms with Crippen LogP contribution in [-0.2, 0) is 11.2 Å². The molecule has 5 heteroatoms. The maximum atomic E-state index is 12.3. The molecule has 1 heterocycles. The number of anilines is 1. The summed E-state index contributed by atoms with van der Waals surface area (Å²) in [5, 5.41) is 3.34. The Morgan fingerprint density at radius 1 is 1.00 bits per heavy atom. The molecule has 0 saturated heterocycles. The molecule has 1 N–H and O–H groups in total. The number of nitrogens with zero attached hydrogens (tertiary/aromatic N) is 2. The Labute approximate surface area is 204 Å². The van der Waals surface area contributed by atoms with Crippen molar-refractivity contribution in [1.29, 1.82) is 0 Å². The molecule has 5 nitrogen and oxygen atoms in total. The molecule has 0 aliphatic carbocycles. The normalized spacial score (nSPS) is 12.7. The summed E-state index contributed by atoms with van der Waals surface area (Å²) in [6, 6.07) is 19.0. The number of aromatic nitrogens is 2. The monoisotopic (exact) mass is 459 g/mol. The average molecular weight is 460 g/mol. The third kappa shape index (κ3) is 8.29. The van der Waals surface area contributed by atoms with E-state index in [1.807, 2.05) is 6.07 Å². The summed E-state index contributed by atoms with van der Waals surface area (Å²) in [6.07, 6.45) is 8.72. The second kappa shape index (κ2) is 13.5. The first-order chi connectivity index (χ1) is 16.5. The molecule has 2 unspecified atom stereocenters. The summed E-state index contributed by atoms with van der Waals surface area (Å²) < 4.78 is 5.45. The lowest BCUT2D eigenvalue weighted by molar-refractivity contribution is -0.134. The SMILES string of the molecule is CCCCC(CNc1ncc(OC(=O)CCC(C)Cc2ccccc2C)cn1)c1ccccc1. The number of aryl methyl sites for hydroxylation is 1. The molecule has 3 aromatic rings. The molecule has 0 radical (unpaired) electrons. The van der Waals surface area contributed by atoms with Gasteiger partial charge in [0.15, 0.2) is 5.75 Å². The van der Waals surface area contributed by atoms with Crippen LogP contribution in [-0.4, -0.2) is 22.5 Å². The van der Waals surface area contributed by atoms with Crippen molar-refractivity contribution >= 4 is 11.9 Å². The second-order valence-electron chi connectivity index (χ2n) is 9.12. The topological polar surface area (TPSA) is 64.1 Å². The zero-order chi connectivity index (χ0) is 24.2. The van der Waals surface area contributed by atoms with Gasteiger partial charge in [-0.15, -0.1) is 0 Å². The van der Waals surface area contributed by atoms with Crippen LogP contribution in [0.1, 0.15) is 68.6 Å². The predicted octanol–water partition coefficient (Wildman–Crippen LogP) is 6.74. The lowest BCUT2D eigenvalue weighted by atomic mass is 9.93. The molecule has 34 heavy (non-hydrogen) atoms. The van der Waals surface area contributed by atoms with Gasteiger partial charge in [-0.3, -0.25) is 4.79 Å². The zero-order valence-corrected chi connectivity index (χ0v) is 20.7. The predicted molar refractivity (Wildman–Crippen MR) is 138 cm³/mol. The minimum Gasteiger partial charge on any atom is -0.423 e. The first kappa shape index (κ1) is 25.4. The summed E-state index contributed by atoms with van der Waals surface area (Å²) in [4.78, 5) is 21.0. The first-order valence-electron chi connectivity index (χ1n) is 12.4. The van der Waals surface area contributed by atoms with E-state index in [4.69, 9.17) is 4.74 Å². The molecule has 180 valence electrons. The van der Waals surface area contributed by atoms with Gasteiger partial charge in [0.2, 0.25) is 5.95 Å². The van der Waals surface area contributed by atoms with Crippen LogP contribution in [0.15, 0.2) is 67.0 Å². The molecule has 0 fully saturated rings. The van der Waals surface area contributed by atoms with Crippen molar-refractivity contribution in [2.45, 2.75) is 65.2 Å². The Morgan fingerprint density at radius 3 is 2.41 bits per heavy atom. The molecule has 0 aliphatic heterocycles. The third-order valence-electron chi connectivity index (χ3n) is 6.21. The number of hydrogen-bond acceptors (Lipinski definition) is 5. The van der Waals surface area contributed by atoms with E-state index in [0.29, 0.717) is 30.0 Å². The first-order valence-corrected chi connectivity index (χ1v) is 12.4. The standard InChI is InChI=1S/C29H37N3O2/c1-4-5-12-26(24-13-7-6-8-14-24)19-30-29-31-20-27(21-32-29)34-28(33)17-16-22(2)18-25-15-10-9-11-23(25)3/h6-11,13-15,20-22,26H,4-5,12,16-19H2,1-3H3,(H,30,31,32). The van der Waals surface area contributed by atoms with Crippen LogP contribution in [0.4, 0.5) is 5.95 Å². The van der Waals surface area contributed by atoms with E-state index >= 15 is 0 Å². The van der Waals surface area contributed by atoms with E-state index in [-0.39, 0.29) is 5.97 Å². The second-order valence-corrected chi connectivity index (χ2v) is 9.12. The average Bonchev–Trinajstić information content (AvgIpc) is 2.86. The van der Waals surface area contributed by atoms with Crippen molar-refractivity contribution in [3.63, 3.8) is 0 Å². The molecule has 0 bridgehead atoms. The quantitative estimate of drug-likeness (QED) is 0.287. The number of hydrogen-bond donors (Lipinski definition) is 1. The number of benzene rings is 2. The van der Waals surface area contributed by atoms with Gasteiger partial charge >= 0.3 is 5.97 Å². The summed E-state index contributed by atoms with van der Waals surface area (Å²) in [7, 11) is 0. The van der Waals surface area contributed by atoms with E-state index in [0.717, 1.165) is 25.8 Å². The van der Waals surface area contributed by atoms with Crippen molar-refractivity contribution < 1.29 is 9.53 Å². The van der Waals surface area contributed by atoms with Crippen LogP contribution in [0, 0.1) is 12.8 Å². The minimum absolute atomic E-state index is 0.246. The Morgan fingerprint density at radius 2 is 1.71 bits per heavy atom. The molecule has 1 aromatic heterocycles. The van der Waals surface area contributed by atoms with Crippen molar-refractivity contribution in [3.8, 4) is 5.75 Å². The van der Waals surface area contributed by atoms with Crippen LogP contribution in [0.3, 0.4) is 0 Å². The lowest BCUT2D eigenvalue weighted by Gasteiger charge is -2.18. The van der Waals surface area contributed by atoms with Crippen LogP contribution in [0.25, 0.3) is 0 Å². The van der Waals surface area contributed by atoms with Gasteiger partial charge in [0.05, 0.1) is 12.4 Å². The molecule has 0 spiro atoms. The van der Waals surface area contributed by atoms with E-state index < -0.39 is 0 Å². The summed E-state index contributed by atoms with van der Waals surface area (Å²) in [5.41, 5.74) is 3.96. The molecule has 0 amide bonds. The van der Waals surface area contributed by atoms with Crippen LogP contribution < -0.4 is 10.1 Å². The van der Waals surface area contributed by atoms with Gasteiger partial charge in [-0.25, -0.2) is 9.97 Å². The molecule has 0 aliphatic rings. The van der Waals surface area contributed by atoms with Gasteiger partial charge in [0.25, 0.3) is 0 Å². The van der Waals surface area contributed by atoms with Crippen molar-refractivity contribution in [3.05, 3.63) is 83.7 Å². The lowest BCUT2D eigenvalue weighted by Crippen LogP contribution is -2.15. The Hall–Kier alpha value is -3.21. The number of rotatable bonds is 13. The number of unbranched alkanes of at least 4 members (excludes halogenated alkanes) is 1. The highest BCUT2D eigenvalue weighted by Gasteiger charge is 2.13. The number of carbonyl (C=O) groups is 1. The van der Waals surface area contributed by atoms with Crippen molar-refractivity contribution in [2.75, 3.05) is 11.9 Å². The van der Waals surface area contributed by atoms with E-state index in [1.165, 1.54) is 29.5 Å². The highest BCUT2D eigenvalue weighted by Crippen LogP contribution is 2.23. The van der Waals surface area contributed by atoms with Gasteiger partial charge in [0.1, 0.15) is 0 Å². The number of ether oxygens (including phenoxy) is 1. The highest BCUT2D eigenvalue weighted by atomic mass is 16.5. The molecule has 2 aromatic carbocycles. The molecule has 2 atom stereocenters. The molecular formula is C29H37N3O2. The van der Waals surface area contributed by atoms with Gasteiger partial charge in [0, 0.05) is 18.9 Å². The Kier molecular flexibility index (Phi) is 10.1. The fourth-order valence-electron chi connectivity index (χ4n) is 4.10. The van der Waals surface area contributed by atoms with Crippen LogP contribution >= 0.6 is 0 Å². The van der Waals surface area contributed by atoms with E-state index in [2.05, 4.69) is 84.6 Å². The van der Waals surface area contributed by atoms with Crippen molar-refractivity contribution in [2.24, 2.45) is 5.92 Å². The van der Waals surface area contributed by atoms with E-state index in [9.17, 15) is 4.79 Å². The fraction of sp³-hybridized carbons (Fsp3) is 0.414. The maximum Gasteiger partial charge on any atom is 0.311 e. The fourth-order valence-corrected chi connectivity index (χ4v) is 4.10. The largest absolute Gasteiger partial charge is 0.423 e. The highest BCUT2D eigenvalue weighted by molar-refractivity contribution is 5.72. The Bertz CT molecular complexity index is 1010. The number of carbonyl (C=O) groups excluding carboxylic acids is 1. The summed E-state index contributed by atoms with van der Waals surface area (Å²) in [5.74, 6) is 1.49. The van der Waals surface area contributed by atoms with E-state index in [1.54, 1.807) is 12.4 Å². The van der Waals surface area contributed by atoms with Crippen LogP contribution in [0.5, 0.6) is 5.75 Å². The molecule has 3 rings (SSSR count). The molecular weight excluding hydrogens is 422 g/mol. The third-order valence-corrected chi connectivity index (χ3v) is 6.21. The van der Waals surface area contributed by atoms with Gasteiger partial charge in [-0.05, 0) is 48.8 Å².